The van der Waals surface area contributed by atoms with Crippen LogP contribution in [0.2, 0.25) is 0 Å². The Morgan fingerprint density at radius 2 is 1.52 bits per heavy atom. The summed E-state index contributed by atoms with van der Waals surface area (Å²) in [5.74, 6) is 3.47. The molecule has 0 aliphatic carbocycles. The van der Waals surface area contributed by atoms with Crippen molar-refractivity contribution < 1.29 is 18.9 Å². The standard InChI is InChI=1S/C22H29NO4/c1-15(17-12-20(25-3)22(27-5)21(13-17)26-4)23-11-10-16(14-23)18-8-6-7-9-19(18)24-2/h6-9,12-13,15-16H,10-11,14H2,1-5H3. The second-order valence-electron chi connectivity index (χ2n) is 6.86. The van der Waals surface area contributed by atoms with Crippen LogP contribution in [0.5, 0.6) is 23.0 Å². The smallest absolute Gasteiger partial charge is 0.203 e. The zero-order chi connectivity index (χ0) is 19.4. The van der Waals surface area contributed by atoms with Crippen molar-refractivity contribution in [3.05, 3.63) is 47.5 Å². The van der Waals surface area contributed by atoms with Gasteiger partial charge in [-0.15, -0.1) is 0 Å². The van der Waals surface area contributed by atoms with Crippen LogP contribution in [-0.4, -0.2) is 46.4 Å². The summed E-state index contributed by atoms with van der Waals surface area (Å²) in [4.78, 5) is 2.50. The third-order valence-corrected chi connectivity index (χ3v) is 5.52. The van der Waals surface area contributed by atoms with Crippen molar-refractivity contribution in [3.63, 3.8) is 0 Å². The number of ether oxygens (including phenoxy) is 4. The molecule has 1 saturated heterocycles. The van der Waals surface area contributed by atoms with Crippen molar-refractivity contribution in [2.45, 2.75) is 25.3 Å². The lowest BCUT2D eigenvalue weighted by atomic mass is 9.97. The van der Waals surface area contributed by atoms with Gasteiger partial charge in [-0.3, -0.25) is 4.90 Å². The van der Waals surface area contributed by atoms with Crippen molar-refractivity contribution >= 4 is 0 Å². The highest BCUT2D eigenvalue weighted by atomic mass is 16.5. The van der Waals surface area contributed by atoms with Crippen molar-refractivity contribution in [1.29, 1.82) is 0 Å². The molecule has 0 N–H and O–H groups in total. The molecule has 2 aromatic carbocycles. The molecule has 0 spiro atoms. The fourth-order valence-corrected chi connectivity index (χ4v) is 3.95. The first-order valence-electron chi connectivity index (χ1n) is 9.29. The minimum Gasteiger partial charge on any atom is -0.496 e. The largest absolute Gasteiger partial charge is 0.496 e. The molecule has 2 aromatic rings. The number of rotatable bonds is 7. The Morgan fingerprint density at radius 3 is 2.11 bits per heavy atom. The first kappa shape index (κ1) is 19.4. The van der Waals surface area contributed by atoms with Crippen molar-refractivity contribution in [3.8, 4) is 23.0 Å². The molecular formula is C22H29NO4. The van der Waals surface area contributed by atoms with Gasteiger partial charge in [0.2, 0.25) is 5.75 Å². The third-order valence-electron chi connectivity index (χ3n) is 5.52. The van der Waals surface area contributed by atoms with Crippen LogP contribution in [0.1, 0.15) is 36.4 Å². The maximum Gasteiger partial charge on any atom is 0.203 e. The summed E-state index contributed by atoms with van der Waals surface area (Å²) in [6.45, 7) is 4.27. The molecule has 5 heteroatoms. The Hall–Kier alpha value is -2.40. The van der Waals surface area contributed by atoms with Gasteiger partial charge in [0, 0.05) is 18.5 Å². The molecule has 0 radical (unpaired) electrons. The van der Waals surface area contributed by atoms with Crippen LogP contribution in [-0.2, 0) is 0 Å². The average Bonchev–Trinajstić information content (AvgIpc) is 3.21. The molecule has 1 heterocycles. The molecule has 3 rings (SSSR count). The molecule has 0 saturated carbocycles. The molecule has 2 unspecified atom stereocenters. The lowest BCUT2D eigenvalue weighted by Gasteiger charge is -2.26. The molecule has 1 aliphatic rings. The van der Waals surface area contributed by atoms with Gasteiger partial charge in [-0.05, 0) is 49.2 Å². The summed E-state index contributed by atoms with van der Waals surface area (Å²) >= 11 is 0. The number of nitrogens with zero attached hydrogens (tertiary/aromatic N) is 1. The number of hydrogen-bond acceptors (Lipinski definition) is 5. The van der Waals surface area contributed by atoms with Crippen LogP contribution < -0.4 is 18.9 Å². The fraction of sp³-hybridized carbons (Fsp3) is 0.455. The monoisotopic (exact) mass is 371 g/mol. The minimum atomic E-state index is 0.249. The number of benzene rings is 2. The van der Waals surface area contributed by atoms with Gasteiger partial charge < -0.3 is 18.9 Å². The third kappa shape index (κ3) is 3.83. The summed E-state index contributed by atoms with van der Waals surface area (Å²) < 4.78 is 22.0. The van der Waals surface area contributed by atoms with Crippen LogP contribution >= 0.6 is 0 Å². The number of likely N-dealkylation sites (tertiary alicyclic amines) is 1. The zero-order valence-electron chi connectivity index (χ0n) is 16.8. The minimum absolute atomic E-state index is 0.249. The van der Waals surface area contributed by atoms with E-state index < -0.39 is 0 Å². The molecule has 27 heavy (non-hydrogen) atoms. The highest BCUT2D eigenvalue weighted by Gasteiger charge is 2.30. The first-order valence-corrected chi connectivity index (χ1v) is 9.29. The molecule has 5 nitrogen and oxygen atoms in total. The SMILES string of the molecule is COc1ccccc1C1CCN(C(C)c2cc(OC)c(OC)c(OC)c2)C1. The Morgan fingerprint density at radius 1 is 0.889 bits per heavy atom. The van der Waals surface area contributed by atoms with Crippen molar-refractivity contribution in [2.24, 2.45) is 0 Å². The summed E-state index contributed by atoms with van der Waals surface area (Å²) in [6, 6.07) is 12.7. The molecule has 1 aliphatic heterocycles. The topological polar surface area (TPSA) is 40.2 Å². The predicted molar refractivity (Wildman–Crippen MR) is 106 cm³/mol. The van der Waals surface area contributed by atoms with E-state index in [1.165, 1.54) is 5.56 Å². The molecule has 0 aromatic heterocycles. The van der Waals surface area contributed by atoms with Crippen LogP contribution in [0.15, 0.2) is 36.4 Å². The summed E-state index contributed by atoms with van der Waals surface area (Å²) in [5.41, 5.74) is 2.45. The fourth-order valence-electron chi connectivity index (χ4n) is 3.95. The van der Waals surface area contributed by atoms with E-state index in [0.717, 1.165) is 30.8 Å². The van der Waals surface area contributed by atoms with Gasteiger partial charge in [-0.25, -0.2) is 0 Å². The van der Waals surface area contributed by atoms with Gasteiger partial charge in [0.15, 0.2) is 11.5 Å². The van der Waals surface area contributed by atoms with E-state index in [0.29, 0.717) is 23.2 Å². The van der Waals surface area contributed by atoms with Gasteiger partial charge in [0.1, 0.15) is 5.75 Å². The molecule has 2 atom stereocenters. The van der Waals surface area contributed by atoms with Gasteiger partial charge >= 0.3 is 0 Å². The number of hydrogen-bond donors (Lipinski definition) is 0. The second-order valence-corrected chi connectivity index (χ2v) is 6.86. The summed E-state index contributed by atoms with van der Waals surface area (Å²) in [7, 11) is 6.67. The maximum atomic E-state index is 5.56. The van der Waals surface area contributed by atoms with E-state index in [1.807, 2.05) is 24.3 Å². The van der Waals surface area contributed by atoms with Gasteiger partial charge in [-0.1, -0.05) is 18.2 Å². The molecule has 1 fully saturated rings. The van der Waals surface area contributed by atoms with E-state index in [-0.39, 0.29) is 6.04 Å². The van der Waals surface area contributed by atoms with Crippen LogP contribution in [0, 0.1) is 0 Å². The van der Waals surface area contributed by atoms with Crippen LogP contribution in [0.4, 0.5) is 0 Å². The van der Waals surface area contributed by atoms with E-state index in [9.17, 15) is 0 Å². The lowest BCUT2D eigenvalue weighted by molar-refractivity contribution is 0.256. The van der Waals surface area contributed by atoms with E-state index in [1.54, 1.807) is 28.4 Å². The average molecular weight is 371 g/mol. The van der Waals surface area contributed by atoms with Crippen molar-refractivity contribution in [1.82, 2.24) is 4.90 Å². The van der Waals surface area contributed by atoms with Crippen LogP contribution in [0.3, 0.4) is 0 Å². The normalized spacial score (nSPS) is 18.2. The van der Waals surface area contributed by atoms with E-state index in [4.69, 9.17) is 18.9 Å². The first-order chi connectivity index (χ1) is 13.1. The maximum absolute atomic E-state index is 5.56. The van der Waals surface area contributed by atoms with Gasteiger partial charge in [0.05, 0.1) is 28.4 Å². The molecule has 0 amide bonds. The predicted octanol–water partition coefficient (Wildman–Crippen LogP) is 4.27. The Labute approximate surface area is 161 Å². The van der Waals surface area contributed by atoms with Gasteiger partial charge in [0.25, 0.3) is 0 Å². The summed E-state index contributed by atoms with van der Waals surface area (Å²) in [5, 5.41) is 0. The highest BCUT2D eigenvalue weighted by molar-refractivity contribution is 5.54. The number of methoxy groups -OCH3 is 4. The molecule has 0 bridgehead atoms. The zero-order valence-corrected chi connectivity index (χ0v) is 16.8. The second kappa shape index (κ2) is 8.53. The van der Waals surface area contributed by atoms with Gasteiger partial charge in [-0.2, -0.15) is 0 Å². The number of para-hydroxylation sites is 1. The lowest BCUT2D eigenvalue weighted by Crippen LogP contribution is -2.24. The highest BCUT2D eigenvalue weighted by Crippen LogP contribution is 2.42. The molecule has 146 valence electrons. The quantitative estimate of drug-likeness (QED) is 0.727. The molecular weight excluding hydrogens is 342 g/mol. The summed E-state index contributed by atoms with van der Waals surface area (Å²) in [6.07, 6.45) is 1.12. The van der Waals surface area contributed by atoms with E-state index in [2.05, 4.69) is 24.0 Å². The van der Waals surface area contributed by atoms with E-state index >= 15 is 0 Å². The van der Waals surface area contributed by atoms with Crippen LogP contribution in [0.25, 0.3) is 0 Å². The Bertz CT molecular complexity index is 752. The Balaban J connectivity index is 1.82. The van der Waals surface area contributed by atoms with Crippen molar-refractivity contribution in [2.75, 3.05) is 41.5 Å². The Kier molecular flexibility index (Phi) is 6.11.